The van der Waals surface area contributed by atoms with Crippen LogP contribution in [0.15, 0.2) is 24.3 Å². The molecule has 5 nitrogen and oxygen atoms in total. The summed E-state index contributed by atoms with van der Waals surface area (Å²) >= 11 is 0. The SMILES string of the molecule is COCC(CCN)NC(=O)c1cccc(OC)c1. The molecule has 100 valence electrons. The Bertz CT molecular complexity index is 376. The van der Waals surface area contributed by atoms with Crippen molar-refractivity contribution in [3.05, 3.63) is 29.8 Å². The largest absolute Gasteiger partial charge is 0.497 e. The lowest BCUT2D eigenvalue weighted by atomic mass is 10.1. The molecule has 1 aromatic carbocycles. The maximum atomic E-state index is 12.0. The second kappa shape index (κ2) is 7.68. The van der Waals surface area contributed by atoms with E-state index in [9.17, 15) is 4.79 Å². The first-order valence-corrected chi connectivity index (χ1v) is 5.85. The van der Waals surface area contributed by atoms with Crippen LogP contribution in [0.5, 0.6) is 5.75 Å². The molecule has 0 aliphatic carbocycles. The average molecular weight is 252 g/mol. The molecule has 0 aliphatic rings. The third-order valence-electron chi connectivity index (χ3n) is 2.55. The van der Waals surface area contributed by atoms with Gasteiger partial charge in [-0.1, -0.05) is 6.07 Å². The van der Waals surface area contributed by atoms with Crippen molar-refractivity contribution in [2.45, 2.75) is 12.5 Å². The van der Waals surface area contributed by atoms with E-state index in [1.54, 1.807) is 38.5 Å². The first kappa shape index (κ1) is 14.5. The Kier molecular flexibility index (Phi) is 6.18. The van der Waals surface area contributed by atoms with Crippen molar-refractivity contribution in [2.24, 2.45) is 5.73 Å². The number of ether oxygens (including phenoxy) is 2. The summed E-state index contributed by atoms with van der Waals surface area (Å²) < 4.78 is 10.1. The third kappa shape index (κ3) is 4.35. The molecule has 1 amide bonds. The van der Waals surface area contributed by atoms with E-state index in [0.29, 0.717) is 30.9 Å². The van der Waals surface area contributed by atoms with Crippen LogP contribution in [0.4, 0.5) is 0 Å². The number of nitrogens with two attached hydrogens (primary N) is 1. The minimum Gasteiger partial charge on any atom is -0.497 e. The van der Waals surface area contributed by atoms with E-state index >= 15 is 0 Å². The Labute approximate surface area is 107 Å². The molecule has 1 rings (SSSR count). The van der Waals surface area contributed by atoms with Gasteiger partial charge in [0.25, 0.3) is 5.91 Å². The summed E-state index contributed by atoms with van der Waals surface area (Å²) in [5.41, 5.74) is 6.06. The highest BCUT2D eigenvalue weighted by atomic mass is 16.5. The summed E-state index contributed by atoms with van der Waals surface area (Å²) in [6.07, 6.45) is 0.684. The van der Waals surface area contributed by atoms with Gasteiger partial charge >= 0.3 is 0 Å². The summed E-state index contributed by atoms with van der Waals surface area (Å²) in [5, 5.41) is 2.89. The molecule has 3 N–H and O–H groups in total. The third-order valence-corrected chi connectivity index (χ3v) is 2.55. The second-order valence-corrected chi connectivity index (χ2v) is 3.94. The van der Waals surface area contributed by atoms with Crippen molar-refractivity contribution in [1.82, 2.24) is 5.32 Å². The Morgan fingerprint density at radius 2 is 2.22 bits per heavy atom. The first-order valence-electron chi connectivity index (χ1n) is 5.85. The summed E-state index contributed by atoms with van der Waals surface area (Å²) in [6.45, 7) is 0.958. The lowest BCUT2D eigenvalue weighted by molar-refractivity contribution is 0.0893. The van der Waals surface area contributed by atoms with E-state index < -0.39 is 0 Å². The molecule has 0 fully saturated rings. The fourth-order valence-corrected chi connectivity index (χ4v) is 1.63. The minimum atomic E-state index is -0.149. The van der Waals surface area contributed by atoms with Crippen LogP contribution < -0.4 is 15.8 Å². The molecule has 5 heteroatoms. The van der Waals surface area contributed by atoms with Gasteiger partial charge in [0, 0.05) is 12.7 Å². The molecule has 0 aromatic heterocycles. The summed E-state index contributed by atoms with van der Waals surface area (Å²) in [5.74, 6) is 0.508. The van der Waals surface area contributed by atoms with Gasteiger partial charge < -0.3 is 20.5 Å². The van der Waals surface area contributed by atoms with Gasteiger partial charge in [-0.3, -0.25) is 4.79 Å². The molecule has 0 bridgehead atoms. The zero-order valence-corrected chi connectivity index (χ0v) is 10.8. The van der Waals surface area contributed by atoms with Crippen molar-refractivity contribution in [3.63, 3.8) is 0 Å². The van der Waals surface area contributed by atoms with Crippen LogP contribution >= 0.6 is 0 Å². The van der Waals surface area contributed by atoms with Crippen LogP contribution in [0, 0.1) is 0 Å². The van der Waals surface area contributed by atoms with Crippen LogP contribution in [-0.2, 0) is 4.74 Å². The van der Waals surface area contributed by atoms with E-state index in [1.807, 2.05) is 0 Å². The number of methoxy groups -OCH3 is 2. The maximum absolute atomic E-state index is 12.0. The van der Waals surface area contributed by atoms with E-state index in [2.05, 4.69) is 5.32 Å². The lowest BCUT2D eigenvalue weighted by Crippen LogP contribution is -2.39. The second-order valence-electron chi connectivity index (χ2n) is 3.94. The quantitative estimate of drug-likeness (QED) is 0.752. The highest BCUT2D eigenvalue weighted by Crippen LogP contribution is 2.12. The van der Waals surface area contributed by atoms with Gasteiger partial charge in [0.1, 0.15) is 5.75 Å². The van der Waals surface area contributed by atoms with Crippen molar-refractivity contribution in [3.8, 4) is 5.75 Å². The van der Waals surface area contributed by atoms with Crippen LogP contribution in [0.3, 0.4) is 0 Å². The van der Waals surface area contributed by atoms with Crippen LogP contribution in [-0.4, -0.2) is 39.3 Å². The van der Waals surface area contributed by atoms with E-state index in [0.717, 1.165) is 0 Å². The first-order chi connectivity index (χ1) is 8.71. The summed E-state index contributed by atoms with van der Waals surface area (Å²) in [7, 11) is 3.17. The number of carbonyl (C=O) groups is 1. The topological polar surface area (TPSA) is 73.6 Å². The Balaban J connectivity index is 2.67. The van der Waals surface area contributed by atoms with Gasteiger partial charge in [-0.25, -0.2) is 0 Å². The molecule has 18 heavy (non-hydrogen) atoms. The normalized spacial score (nSPS) is 11.9. The molecule has 1 atom stereocenters. The molecular weight excluding hydrogens is 232 g/mol. The molecule has 0 radical (unpaired) electrons. The highest BCUT2D eigenvalue weighted by molar-refractivity contribution is 5.94. The van der Waals surface area contributed by atoms with Crippen molar-refractivity contribution < 1.29 is 14.3 Å². The minimum absolute atomic E-state index is 0.0706. The molecule has 0 saturated heterocycles. The lowest BCUT2D eigenvalue weighted by Gasteiger charge is -2.17. The Morgan fingerprint density at radius 3 is 2.83 bits per heavy atom. The Hall–Kier alpha value is -1.59. The number of rotatable bonds is 7. The molecular formula is C13H20N2O3. The monoisotopic (exact) mass is 252 g/mol. The van der Waals surface area contributed by atoms with Gasteiger partial charge in [0.05, 0.1) is 19.8 Å². The van der Waals surface area contributed by atoms with Crippen LogP contribution in [0.25, 0.3) is 0 Å². The van der Waals surface area contributed by atoms with Crippen molar-refractivity contribution in [1.29, 1.82) is 0 Å². The number of hydrogen-bond donors (Lipinski definition) is 2. The maximum Gasteiger partial charge on any atom is 0.251 e. The number of hydrogen-bond acceptors (Lipinski definition) is 4. The number of benzene rings is 1. The van der Waals surface area contributed by atoms with Gasteiger partial charge in [0.2, 0.25) is 0 Å². The van der Waals surface area contributed by atoms with E-state index in [-0.39, 0.29) is 11.9 Å². The predicted molar refractivity (Wildman–Crippen MR) is 69.8 cm³/mol. The molecule has 1 aromatic rings. The fourth-order valence-electron chi connectivity index (χ4n) is 1.63. The average Bonchev–Trinajstić information content (AvgIpc) is 2.39. The molecule has 0 spiro atoms. The molecule has 0 heterocycles. The summed E-state index contributed by atoms with van der Waals surface area (Å²) in [4.78, 5) is 12.0. The molecule has 0 saturated carbocycles. The highest BCUT2D eigenvalue weighted by Gasteiger charge is 2.13. The van der Waals surface area contributed by atoms with Gasteiger partial charge in [-0.2, -0.15) is 0 Å². The smallest absolute Gasteiger partial charge is 0.251 e. The van der Waals surface area contributed by atoms with Crippen LogP contribution in [0.2, 0.25) is 0 Å². The van der Waals surface area contributed by atoms with Crippen molar-refractivity contribution in [2.75, 3.05) is 27.4 Å². The van der Waals surface area contributed by atoms with Gasteiger partial charge in [-0.05, 0) is 31.2 Å². The number of nitrogens with one attached hydrogen (secondary N) is 1. The standard InChI is InChI=1S/C13H20N2O3/c1-17-9-11(6-7-14)15-13(16)10-4-3-5-12(8-10)18-2/h3-5,8,11H,6-7,9,14H2,1-2H3,(H,15,16). The van der Waals surface area contributed by atoms with E-state index in [1.165, 1.54) is 0 Å². The van der Waals surface area contributed by atoms with Gasteiger partial charge in [0.15, 0.2) is 0 Å². The zero-order valence-electron chi connectivity index (χ0n) is 10.8. The van der Waals surface area contributed by atoms with E-state index in [4.69, 9.17) is 15.2 Å². The van der Waals surface area contributed by atoms with Crippen molar-refractivity contribution >= 4 is 5.91 Å². The molecule has 1 unspecified atom stereocenters. The zero-order chi connectivity index (χ0) is 13.4. The number of carbonyl (C=O) groups excluding carboxylic acids is 1. The summed E-state index contributed by atoms with van der Waals surface area (Å²) in [6, 6.07) is 6.94. The van der Waals surface area contributed by atoms with Gasteiger partial charge in [-0.15, -0.1) is 0 Å². The van der Waals surface area contributed by atoms with Crippen LogP contribution in [0.1, 0.15) is 16.8 Å². The Morgan fingerprint density at radius 1 is 1.44 bits per heavy atom. The predicted octanol–water partition coefficient (Wildman–Crippen LogP) is 0.789. The molecule has 0 aliphatic heterocycles. The number of amides is 1. The fraction of sp³-hybridized carbons (Fsp3) is 0.462.